The molecule has 110 valence electrons. The molecule has 4 atom stereocenters. The van der Waals surface area contributed by atoms with Crippen LogP contribution in [0.1, 0.15) is 12.0 Å². The summed E-state index contributed by atoms with van der Waals surface area (Å²) in [6.07, 6.45) is 4.61. The number of carbonyl (C=O) groups excluding carboxylic acids is 1. The van der Waals surface area contributed by atoms with Crippen LogP contribution in [0.3, 0.4) is 0 Å². The molecule has 5 nitrogen and oxygen atoms in total. The molecule has 1 saturated carbocycles. The first-order valence-corrected chi connectivity index (χ1v) is 7.03. The zero-order valence-corrected chi connectivity index (χ0v) is 11.4. The molecular formula is C16H17NO4. The second-order valence-corrected chi connectivity index (χ2v) is 5.68. The van der Waals surface area contributed by atoms with Gasteiger partial charge in [-0.05, 0) is 24.3 Å². The first kappa shape index (κ1) is 13.7. The van der Waals surface area contributed by atoms with Gasteiger partial charge in [-0.3, -0.25) is 9.59 Å². The molecule has 2 aliphatic carbocycles. The summed E-state index contributed by atoms with van der Waals surface area (Å²) in [6, 6.07) is 6.77. The van der Waals surface area contributed by atoms with Gasteiger partial charge in [0.2, 0.25) is 5.91 Å². The van der Waals surface area contributed by atoms with Crippen LogP contribution in [0.2, 0.25) is 0 Å². The number of phenolic OH excluding ortho intramolecular Hbond substituents is 1. The number of benzene rings is 1. The van der Waals surface area contributed by atoms with Crippen molar-refractivity contribution in [2.75, 3.05) is 0 Å². The van der Waals surface area contributed by atoms with Crippen molar-refractivity contribution in [1.29, 1.82) is 0 Å². The Morgan fingerprint density at radius 1 is 1.14 bits per heavy atom. The molecule has 0 spiro atoms. The van der Waals surface area contributed by atoms with Gasteiger partial charge >= 0.3 is 5.97 Å². The highest BCUT2D eigenvalue weighted by atomic mass is 16.4. The van der Waals surface area contributed by atoms with Gasteiger partial charge in [0, 0.05) is 12.1 Å². The number of rotatable bonds is 4. The van der Waals surface area contributed by atoms with Crippen LogP contribution in [0.25, 0.3) is 0 Å². The highest BCUT2D eigenvalue weighted by molar-refractivity contribution is 5.86. The van der Waals surface area contributed by atoms with E-state index in [0.29, 0.717) is 5.56 Å². The number of hydrogen-bond acceptors (Lipinski definition) is 3. The van der Waals surface area contributed by atoms with Gasteiger partial charge < -0.3 is 15.5 Å². The molecule has 1 fully saturated rings. The van der Waals surface area contributed by atoms with E-state index in [9.17, 15) is 19.8 Å². The number of carboxylic acid groups (broad SMARTS) is 1. The minimum atomic E-state index is -0.908. The number of aromatic hydroxyl groups is 1. The Morgan fingerprint density at radius 3 is 2.48 bits per heavy atom. The van der Waals surface area contributed by atoms with Crippen molar-refractivity contribution in [2.24, 2.45) is 23.7 Å². The van der Waals surface area contributed by atoms with E-state index in [4.69, 9.17) is 0 Å². The average Bonchev–Trinajstić information content (AvgIpc) is 3.06. The number of nitrogens with one attached hydrogen (secondary N) is 1. The van der Waals surface area contributed by atoms with Gasteiger partial charge in [-0.1, -0.05) is 30.4 Å². The van der Waals surface area contributed by atoms with E-state index >= 15 is 0 Å². The Morgan fingerprint density at radius 2 is 1.81 bits per heavy atom. The van der Waals surface area contributed by atoms with Crippen LogP contribution >= 0.6 is 0 Å². The number of fused-ring (bicyclic) bond motifs is 2. The van der Waals surface area contributed by atoms with Gasteiger partial charge in [0.25, 0.3) is 0 Å². The number of amides is 1. The summed E-state index contributed by atoms with van der Waals surface area (Å²) in [4.78, 5) is 23.7. The summed E-state index contributed by atoms with van der Waals surface area (Å²) in [5.41, 5.74) is 0.622. The van der Waals surface area contributed by atoms with E-state index < -0.39 is 17.8 Å². The first-order chi connectivity index (χ1) is 10.1. The molecule has 2 bridgehead atoms. The van der Waals surface area contributed by atoms with Crippen LogP contribution < -0.4 is 5.32 Å². The standard InChI is InChI=1S/C16H17NO4/c18-12-4-2-1-3-11(12)8-17-15(19)13-9-5-6-10(7-9)14(13)16(20)21/h1-6,9-10,13-14,18H,7-8H2,(H,17,19)(H,20,21). The monoisotopic (exact) mass is 287 g/mol. The Hall–Kier alpha value is -2.30. The number of phenols is 1. The minimum Gasteiger partial charge on any atom is -0.508 e. The summed E-state index contributed by atoms with van der Waals surface area (Å²) >= 11 is 0. The van der Waals surface area contributed by atoms with Crippen LogP contribution in [0.15, 0.2) is 36.4 Å². The second-order valence-electron chi connectivity index (χ2n) is 5.68. The van der Waals surface area contributed by atoms with Gasteiger partial charge in [-0.25, -0.2) is 0 Å². The van der Waals surface area contributed by atoms with Crippen molar-refractivity contribution < 1.29 is 19.8 Å². The molecule has 0 heterocycles. The quantitative estimate of drug-likeness (QED) is 0.733. The second kappa shape index (κ2) is 5.24. The Kier molecular flexibility index (Phi) is 3.41. The lowest BCUT2D eigenvalue weighted by Gasteiger charge is -2.23. The SMILES string of the molecule is O=C(O)C1C2C=CC(C2)C1C(=O)NCc1ccccc1O. The molecule has 0 saturated heterocycles. The molecule has 5 heteroatoms. The number of carbonyl (C=O) groups is 2. The number of allylic oxidation sites excluding steroid dienone is 2. The van der Waals surface area contributed by atoms with Crippen molar-refractivity contribution in [1.82, 2.24) is 5.32 Å². The summed E-state index contributed by atoms with van der Waals surface area (Å²) in [5, 5.41) is 21.8. The fourth-order valence-electron chi connectivity index (χ4n) is 3.48. The lowest BCUT2D eigenvalue weighted by molar-refractivity contribution is -0.147. The Labute approximate surface area is 122 Å². The molecule has 0 aliphatic heterocycles. The summed E-state index contributed by atoms with van der Waals surface area (Å²) < 4.78 is 0. The number of aliphatic carboxylic acids is 1. The smallest absolute Gasteiger partial charge is 0.307 e. The number of para-hydroxylation sites is 1. The van der Waals surface area contributed by atoms with Crippen molar-refractivity contribution in [3.8, 4) is 5.75 Å². The molecule has 3 N–H and O–H groups in total. The molecule has 1 aromatic rings. The van der Waals surface area contributed by atoms with Crippen molar-refractivity contribution in [3.63, 3.8) is 0 Å². The van der Waals surface area contributed by atoms with Gasteiger partial charge in [-0.2, -0.15) is 0 Å². The van der Waals surface area contributed by atoms with Crippen molar-refractivity contribution in [3.05, 3.63) is 42.0 Å². The predicted octanol–water partition coefficient (Wildman–Crippen LogP) is 1.53. The van der Waals surface area contributed by atoms with Crippen molar-refractivity contribution in [2.45, 2.75) is 13.0 Å². The zero-order valence-electron chi connectivity index (χ0n) is 11.4. The normalized spacial score (nSPS) is 29.5. The summed E-state index contributed by atoms with van der Waals surface area (Å²) in [6.45, 7) is 0.204. The third-order valence-corrected chi connectivity index (χ3v) is 4.49. The summed E-state index contributed by atoms with van der Waals surface area (Å²) in [5.74, 6) is -2.20. The lowest BCUT2D eigenvalue weighted by atomic mass is 9.82. The Bertz CT molecular complexity index is 610. The summed E-state index contributed by atoms with van der Waals surface area (Å²) in [7, 11) is 0. The molecule has 0 aromatic heterocycles. The number of carboxylic acids is 1. The lowest BCUT2D eigenvalue weighted by Crippen LogP contribution is -2.39. The fourth-order valence-corrected chi connectivity index (χ4v) is 3.48. The zero-order chi connectivity index (χ0) is 15.0. The van der Waals surface area contributed by atoms with Gasteiger partial charge in [0.15, 0.2) is 0 Å². The molecule has 1 amide bonds. The minimum absolute atomic E-state index is 0.0143. The molecule has 0 radical (unpaired) electrons. The van der Waals surface area contributed by atoms with E-state index in [2.05, 4.69) is 5.32 Å². The highest BCUT2D eigenvalue weighted by Crippen LogP contribution is 2.48. The van der Waals surface area contributed by atoms with Crippen molar-refractivity contribution >= 4 is 11.9 Å². The molecule has 21 heavy (non-hydrogen) atoms. The third kappa shape index (κ3) is 2.39. The predicted molar refractivity (Wildman–Crippen MR) is 75.3 cm³/mol. The van der Waals surface area contributed by atoms with Gasteiger partial charge in [0.1, 0.15) is 5.75 Å². The van der Waals surface area contributed by atoms with Crippen LogP contribution in [0, 0.1) is 23.7 Å². The van der Waals surface area contributed by atoms with E-state index in [1.54, 1.807) is 24.3 Å². The van der Waals surface area contributed by atoms with Crippen LogP contribution in [-0.2, 0) is 16.1 Å². The van der Waals surface area contributed by atoms with Crippen LogP contribution in [-0.4, -0.2) is 22.1 Å². The van der Waals surface area contributed by atoms with Gasteiger partial charge in [-0.15, -0.1) is 0 Å². The molecule has 3 rings (SSSR count). The molecule has 1 aromatic carbocycles. The maximum absolute atomic E-state index is 12.3. The fraction of sp³-hybridized carbons (Fsp3) is 0.375. The number of hydrogen-bond donors (Lipinski definition) is 3. The average molecular weight is 287 g/mol. The molecule has 4 unspecified atom stereocenters. The van der Waals surface area contributed by atoms with Crippen LogP contribution in [0.4, 0.5) is 0 Å². The van der Waals surface area contributed by atoms with E-state index in [1.165, 1.54) is 0 Å². The third-order valence-electron chi connectivity index (χ3n) is 4.49. The largest absolute Gasteiger partial charge is 0.508 e. The van der Waals surface area contributed by atoms with E-state index in [0.717, 1.165) is 6.42 Å². The van der Waals surface area contributed by atoms with E-state index in [-0.39, 0.29) is 30.0 Å². The van der Waals surface area contributed by atoms with Crippen LogP contribution in [0.5, 0.6) is 5.75 Å². The first-order valence-electron chi connectivity index (χ1n) is 7.03. The maximum atomic E-state index is 12.3. The van der Waals surface area contributed by atoms with E-state index in [1.807, 2.05) is 12.2 Å². The van der Waals surface area contributed by atoms with Gasteiger partial charge in [0.05, 0.1) is 11.8 Å². The highest BCUT2D eigenvalue weighted by Gasteiger charge is 2.51. The topological polar surface area (TPSA) is 86.6 Å². The molecule has 2 aliphatic rings. The molecular weight excluding hydrogens is 270 g/mol. The Balaban J connectivity index is 1.69. The maximum Gasteiger partial charge on any atom is 0.307 e.